The molecule has 3 aromatic rings. The van der Waals surface area contributed by atoms with Gasteiger partial charge in [-0.05, 0) is 49.6 Å². The molecule has 212 valence electrons. The lowest BCUT2D eigenvalue weighted by atomic mass is 10.0. The van der Waals surface area contributed by atoms with E-state index in [1.54, 1.807) is 27.7 Å². The highest BCUT2D eigenvalue weighted by atomic mass is 16.6. The summed E-state index contributed by atoms with van der Waals surface area (Å²) in [5.74, 6) is -1.46. The van der Waals surface area contributed by atoms with Gasteiger partial charge in [-0.15, -0.1) is 0 Å². The van der Waals surface area contributed by atoms with E-state index in [0.717, 1.165) is 21.9 Å². The number of amides is 3. The summed E-state index contributed by atoms with van der Waals surface area (Å²) in [6, 6.07) is 21.2. The minimum atomic E-state index is -0.899. The second-order valence-electron chi connectivity index (χ2n) is 10.5. The Balaban J connectivity index is 1.55. The molecule has 3 amide bonds. The molecule has 3 aromatic carbocycles. The molecule has 9 nitrogen and oxygen atoms in total. The SMILES string of the molecule is C[C@H](NC(=O)C[C@H](CC(=O)OCc1ccccc1)NC(=O)OC(C)(C)C)C(=O)NCc1cccc2ccccc12. The molecule has 0 radical (unpaired) electrons. The van der Waals surface area contributed by atoms with E-state index < -0.39 is 35.7 Å². The fourth-order valence-corrected chi connectivity index (χ4v) is 4.02. The molecular formula is C31H37N3O6. The van der Waals surface area contributed by atoms with Crippen LogP contribution in [0.3, 0.4) is 0 Å². The quantitative estimate of drug-likeness (QED) is 0.306. The third-order valence-corrected chi connectivity index (χ3v) is 5.91. The van der Waals surface area contributed by atoms with Crippen molar-refractivity contribution in [3.05, 3.63) is 83.9 Å². The zero-order chi connectivity index (χ0) is 29.1. The molecule has 9 heteroatoms. The van der Waals surface area contributed by atoms with Crippen LogP contribution in [0.1, 0.15) is 51.7 Å². The van der Waals surface area contributed by atoms with Gasteiger partial charge in [0.25, 0.3) is 0 Å². The number of fused-ring (bicyclic) bond motifs is 1. The summed E-state index contributed by atoms with van der Waals surface area (Å²) in [6.45, 7) is 7.07. The molecule has 0 saturated carbocycles. The predicted molar refractivity (Wildman–Crippen MR) is 152 cm³/mol. The van der Waals surface area contributed by atoms with Crippen LogP contribution in [0, 0.1) is 0 Å². The van der Waals surface area contributed by atoms with E-state index in [1.807, 2.05) is 72.8 Å². The number of carbonyl (C=O) groups excluding carboxylic acids is 4. The van der Waals surface area contributed by atoms with Crippen LogP contribution >= 0.6 is 0 Å². The van der Waals surface area contributed by atoms with E-state index in [9.17, 15) is 19.2 Å². The summed E-state index contributed by atoms with van der Waals surface area (Å²) in [5, 5.41) is 10.2. The predicted octanol–water partition coefficient (Wildman–Crippen LogP) is 4.38. The molecule has 3 N–H and O–H groups in total. The van der Waals surface area contributed by atoms with Gasteiger partial charge in [-0.1, -0.05) is 72.8 Å². The molecule has 0 bridgehead atoms. The van der Waals surface area contributed by atoms with Gasteiger partial charge >= 0.3 is 12.1 Å². The van der Waals surface area contributed by atoms with Gasteiger partial charge in [0.15, 0.2) is 0 Å². The number of alkyl carbamates (subject to hydrolysis) is 1. The zero-order valence-electron chi connectivity index (χ0n) is 23.4. The Kier molecular flexibility index (Phi) is 10.6. The highest BCUT2D eigenvalue weighted by Gasteiger charge is 2.25. The van der Waals surface area contributed by atoms with Crippen molar-refractivity contribution in [1.82, 2.24) is 16.0 Å². The normalized spacial score (nSPS) is 12.6. The van der Waals surface area contributed by atoms with Crippen LogP contribution in [-0.2, 0) is 37.0 Å². The van der Waals surface area contributed by atoms with Crippen molar-refractivity contribution in [2.75, 3.05) is 0 Å². The van der Waals surface area contributed by atoms with Crippen LogP contribution in [0.2, 0.25) is 0 Å². The number of nitrogens with one attached hydrogen (secondary N) is 3. The van der Waals surface area contributed by atoms with E-state index in [1.165, 1.54) is 0 Å². The summed E-state index contributed by atoms with van der Waals surface area (Å²) < 4.78 is 10.6. The number of benzene rings is 3. The largest absolute Gasteiger partial charge is 0.461 e. The highest BCUT2D eigenvalue weighted by molar-refractivity contribution is 5.89. The monoisotopic (exact) mass is 547 g/mol. The van der Waals surface area contributed by atoms with E-state index in [-0.39, 0.29) is 25.4 Å². The van der Waals surface area contributed by atoms with Gasteiger partial charge in [-0.3, -0.25) is 14.4 Å². The topological polar surface area (TPSA) is 123 Å². The van der Waals surface area contributed by atoms with Gasteiger partial charge in [0.05, 0.1) is 12.5 Å². The van der Waals surface area contributed by atoms with Crippen molar-refractivity contribution in [3.8, 4) is 0 Å². The number of hydrogen-bond donors (Lipinski definition) is 3. The van der Waals surface area contributed by atoms with Crippen molar-refractivity contribution in [2.24, 2.45) is 0 Å². The molecule has 3 rings (SSSR count). The van der Waals surface area contributed by atoms with Crippen LogP contribution in [-0.4, -0.2) is 41.6 Å². The fraction of sp³-hybridized carbons (Fsp3) is 0.355. The molecule has 0 saturated heterocycles. The lowest BCUT2D eigenvalue weighted by molar-refractivity contribution is -0.145. The summed E-state index contributed by atoms with van der Waals surface area (Å²) in [4.78, 5) is 50.4. The molecule has 0 unspecified atom stereocenters. The average Bonchev–Trinajstić information content (AvgIpc) is 2.89. The van der Waals surface area contributed by atoms with Crippen LogP contribution in [0.25, 0.3) is 10.8 Å². The first-order valence-corrected chi connectivity index (χ1v) is 13.2. The van der Waals surface area contributed by atoms with Gasteiger partial charge in [0.1, 0.15) is 18.2 Å². The first-order chi connectivity index (χ1) is 19.0. The van der Waals surface area contributed by atoms with Crippen LogP contribution in [0.5, 0.6) is 0 Å². The zero-order valence-corrected chi connectivity index (χ0v) is 23.4. The fourth-order valence-electron chi connectivity index (χ4n) is 4.02. The molecule has 0 heterocycles. The van der Waals surface area contributed by atoms with E-state index in [0.29, 0.717) is 6.54 Å². The molecular weight excluding hydrogens is 510 g/mol. The highest BCUT2D eigenvalue weighted by Crippen LogP contribution is 2.18. The third kappa shape index (κ3) is 10.1. The Labute approximate surface area is 234 Å². The number of rotatable bonds is 11. The van der Waals surface area contributed by atoms with Gasteiger partial charge in [0.2, 0.25) is 11.8 Å². The molecule has 0 aliphatic heterocycles. The van der Waals surface area contributed by atoms with Gasteiger partial charge in [-0.25, -0.2) is 4.79 Å². The smallest absolute Gasteiger partial charge is 0.407 e. The molecule has 0 aliphatic carbocycles. The van der Waals surface area contributed by atoms with E-state index in [2.05, 4.69) is 16.0 Å². The lowest BCUT2D eigenvalue weighted by Gasteiger charge is -2.23. The first kappa shape index (κ1) is 30.1. The van der Waals surface area contributed by atoms with Crippen molar-refractivity contribution in [3.63, 3.8) is 0 Å². The standard InChI is InChI=1S/C31H37N3O6/c1-21(29(37)32-19-24-15-10-14-23-13-8-9-16-26(23)24)33-27(35)17-25(34-30(38)40-31(2,3)4)18-28(36)39-20-22-11-6-5-7-12-22/h5-16,21,25H,17-20H2,1-4H3,(H,32,37)(H,33,35)(H,34,38)/t21-,25+/m0/s1. The number of esters is 1. The third-order valence-electron chi connectivity index (χ3n) is 5.91. The van der Waals surface area contributed by atoms with Crippen molar-refractivity contribution in [1.29, 1.82) is 0 Å². The molecule has 0 aliphatic rings. The van der Waals surface area contributed by atoms with Crippen molar-refractivity contribution < 1.29 is 28.7 Å². The summed E-state index contributed by atoms with van der Waals surface area (Å²) in [6.07, 6.45) is -1.26. The maximum absolute atomic E-state index is 12.8. The van der Waals surface area contributed by atoms with Crippen LogP contribution in [0.4, 0.5) is 4.79 Å². The Morgan fingerprint density at radius 1 is 0.825 bits per heavy atom. The second kappa shape index (κ2) is 14.1. The molecule has 40 heavy (non-hydrogen) atoms. The molecule has 0 fully saturated rings. The van der Waals surface area contributed by atoms with Crippen molar-refractivity contribution >= 4 is 34.6 Å². The summed E-state index contributed by atoms with van der Waals surface area (Å²) in [7, 11) is 0. The maximum Gasteiger partial charge on any atom is 0.407 e. The second-order valence-corrected chi connectivity index (χ2v) is 10.5. The molecule has 0 aromatic heterocycles. The lowest BCUT2D eigenvalue weighted by Crippen LogP contribution is -2.47. The Morgan fingerprint density at radius 3 is 2.23 bits per heavy atom. The summed E-state index contributed by atoms with van der Waals surface area (Å²) >= 11 is 0. The number of hydrogen-bond acceptors (Lipinski definition) is 6. The van der Waals surface area contributed by atoms with Gasteiger partial charge in [0, 0.05) is 13.0 Å². The molecule has 2 atom stereocenters. The van der Waals surface area contributed by atoms with Crippen LogP contribution < -0.4 is 16.0 Å². The van der Waals surface area contributed by atoms with Crippen molar-refractivity contribution in [2.45, 2.75) is 71.4 Å². The Hall–Kier alpha value is -4.40. The summed E-state index contributed by atoms with van der Waals surface area (Å²) in [5.41, 5.74) is 1.01. The first-order valence-electron chi connectivity index (χ1n) is 13.2. The van der Waals surface area contributed by atoms with E-state index >= 15 is 0 Å². The van der Waals surface area contributed by atoms with Crippen LogP contribution in [0.15, 0.2) is 72.8 Å². The number of ether oxygens (including phenoxy) is 2. The van der Waals surface area contributed by atoms with Gasteiger partial charge in [-0.2, -0.15) is 0 Å². The van der Waals surface area contributed by atoms with E-state index in [4.69, 9.17) is 9.47 Å². The Morgan fingerprint density at radius 2 is 1.50 bits per heavy atom. The minimum Gasteiger partial charge on any atom is -0.461 e. The van der Waals surface area contributed by atoms with Gasteiger partial charge < -0.3 is 25.4 Å². The minimum absolute atomic E-state index is 0.0684. The molecule has 0 spiro atoms. The Bertz CT molecular complexity index is 1310. The maximum atomic E-state index is 12.8. The average molecular weight is 548 g/mol. The number of carbonyl (C=O) groups is 4.